The van der Waals surface area contributed by atoms with Crippen molar-refractivity contribution in [1.29, 1.82) is 0 Å². The Hall–Kier alpha value is -1.50. The number of imide groups is 1. The van der Waals surface area contributed by atoms with Crippen LogP contribution < -0.4 is 0 Å². The van der Waals surface area contributed by atoms with Gasteiger partial charge in [0.2, 0.25) is 11.8 Å². The highest BCUT2D eigenvalue weighted by molar-refractivity contribution is 7.57. The van der Waals surface area contributed by atoms with E-state index in [-0.39, 0.29) is 19.3 Å². The Morgan fingerprint density at radius 1 is 1.22 bits per heavy atom. The largest absolute Gasteiger partial charge is 0.468 e. The number of esters is 1. The summed E-state index contributed by atoms with van der Waals surface area (Å²) in [4.78, 5) is 37.8. The first-order chi connectivity index (χ1) is 10.9. The molecule has 1 fully saturated rings. The molecule has 1 aliphatic carbocycles. The maximum absolute atomic E-state index is 13.2. The van der Waals surface area contributed by atoms with Crippen molar-refractivity contribution >= 4 is 25.4 Å². The molecule has 1 saturated heterocycles. The van der Waals surface area contributed by atoms with E-state index in [9.17, 15) is 18.9 Å². The van der Waals surface area contributed by atoms with E-state index in [4.69, 9.17) is 13.8 Å². The van der Waals surface area contributed by atoms with Crippen LogP contribution in [-0.4, -0.2) is 55.2 Å². The van der Waals surface area contributed by atoms with Gasteiger partial charge in [0.1, 0.15) is 0 Å². The third-order valence-electron chi connectivity index (χ3n) is 4.38. The maximum Gasteiger partial charge on any atom is 0.349 e. The Labute approximate surface area is 134 Å². The molecule has 0 aromatic rings. The van der Waals surface area contributed by atoms with Gasteiger partial charge in [-0.25, -0.2) is 0 Å². The van der Waals surface area contributed by atoms with E-state index >= 15 is 0 Å². The zero-order valence-electron chi connectivity index (χ0n) is 13.3. The second-order valence-electron chi connectivity index (χ2n) is 5.35. The highest BCUT2D eigenvalue weighted by Crippen LogP contribution is 2.64. The summed E-state index contributed by atoms with van der Waals surface area (Å²) in [6.07, 6.45) is 3.89. The first-order valence-corrected chi connectivity index (χ1v) is 8.73. The van der Waals surface area contributed by atoms with Crippen LogP contribution in [0.3, 0.4) is 0 Å². The molecule has 23 heavy (non-hydrogen) atoms. The molecule has 0 unspecified atom stereocenters. The van der Waals surface area contributed by atoms with E-state index in [1.54, 1.807) is 6.08 Å². The van der Waals surface area contributed by atoms with Gasteiger partial charge in [0.15, 0.2) is 5.16 Å². The van der Waals surface area contributed by atoms with E-state index < -0.39 is 36.6 Å². The molecule has 0 spiro atoms. The number of hydrogen-bond donors (Lipinski definition) is 0. The van der Waals surface area contributed by atoms with Crippen LogP contribution in [-0.2, 0) is 32.7 Å². The third-order valence-corrected chi connectivity index (χ3v) is 6.99. The summed E-state index contributed by atoms with van der Waals surface area (Å²) in [5.41, 5.74) is 0. The standard InChI is InChI=1S/C14H20NO7P/c1-20-13(18)14(23(19,21-2)22-3)9-5-4-6-10(14)15-11(16)7-8-12(15)17/h4,6,10H,5,7-9H2,1-3H3/t10-,14-/m0/s1. The van der Waals surface area contributed by atoms with Crippen LogP contribution in [0.2, 0.25) is 0 Å². The monoisotopic (exact) mass is 345 g/mol. The SMILES string of the molecule is COC(=O)[C@]1(P(=O)(OC)OC)CCC=C[C@@H]1N1C(=O)CCC1=O. The van der Waals surface area contributed by atoms with Crippen molar-refractivity contribution in [2.45, 2.75) is 36.9 Å². The van der Waals surface area contributed by atoms with Crippen LogP contribution in [0.1, 0.15) is 25.7 Å². The van der Waals surface area contributed by atoms with E-state index in [1.165, 1.54) is 6.08 Å². The second kappa shape index (κ2) is 6.55. The predicted molar refractivity (Wildman–Crippen MR) is 79.6 cm³/mol. The van der Waals surface area contributed by atoms with Crippen molar-refractivity contribution in [3.63, 3.8) is 0 Å². The molecule has 8 nitrogen and oxygen atoms in total. The number of nitrogens with zero attached hydrogens (tertiary/aromatic N) is 1. The molecule has 1 heterocycles. The molecular formula is C14H20NO7P. The summed E-state index contributed by atoms with van der Waals surface area (Å²) in [6, 6.07) is -1.06. The zero-order valence-corrected chi connectivity index (χ0v) is 14.2. The fraction of sp³-hybridized carbons (Fsp3) is 0.643. The topological polar surface area (TPSA) is 99.2 Å². The van der Waals surface area contributed by atoms with E-state index in [0.29, 0.717) is 6.42 Å². The molecule has 2 rings (SSSR count). The maximum atomic E-state index is 13.2. The summed E-state index contributed by atoms with van der Waals surface area (Å²) < 4.78 is 28.2. The lowest BCUT2D eigenvalue weighted by Gasteiger charge is -2.44. The van der Waals surface area contributed by atoms with E-state index in [0.717, 1.165) is 26.2 Å². The molecule has 1 aliphatic heterocycles. The van der Waals surface area contributed by atoms with Crippen LogP contribution in [0.5, 0.6) is 0 Å². The van der Waals surface area contributed by atoms with Crippen molar-refractivity contribution < 1.29 is 32.7 Å². The van der Waals surface area contributed by atoms with Crippen LogP contribution in [0.4, 0.5) is 0 Å². The van der Waals surface area contributed by atoms with Gasteiger partial charge in [-0.2, -0.15) is 0 Å². The van der Waals surface area contributed by atoms with Gasteiger partial charge in [-0.1, -0.05) is 12.2 Å². The van der Waals surface area contributed by atoms with Crippen LogP contribution in [0.15, 0.2) is 12.2 Å². The summed E-state index contributed by atoms with van der Waals surface area (Å²) >= 11 is 0. The number of methoxy groups -OCH3 is 1. The highest BCUT2D eigenvalue weighted by atomic mass is 31.2. The minimum absolute atomic E-state index is 0.0602. The lowest BCUT2D eigenvalue weighted by molar-refractivity contribution is -0.149. The van der Waals surface area contributed by atoms with Gasteiger partial charge in [0, 0.05) is 27.1 Å². The fourth-order valence-corrected chi connectivity index (χ4v) is 5.29. The van der Waals surface area contributed by atoms with E-state index in [2.05, 4.69) is 0 Å². The average molecular weight is 345 g/mol. The number of carbonyl (C=O) groups is 3. The van der Waals surface area contributed by atoms with Gasteiger partial charge >= 0.3 is 13.6 Å². The first kappa shape index (κ1) is 17.8. The van der Waals surface area contributed by atoms with Gasteiger partial charge in [-0.15, -0.1) is 0 Å². The fourth-order valence-electron chi connectivity index (χ4n) is 3.25. The molecule has 0 aromatic carbocycles. The number of likely N-dealkylation sites (tertiary alicyclic amines) is 1. The molecule has 0 aromatic heterocycles. The molecule has 9 heteroatoms. The van der Waals surface area contributed by atoms with Crippen molar-refractivity contribution in [2.75, 3.05) is 21.3 Å². The van der Waals surface area contributed by atoms with Crippen molar-refractivity contribution in [3.8, 4) is 0 Å². The molecule has 0 bridgehead atoms. The molecule has 2 atom stereocenters. The Bertz CT molecular complexity index is 578. The van der Waals surface area contributed by atoms with Crippen LogP contribution in [0, 0.1) is 0 Å². The number of rotatable bonds is 5. The number of hydrogen-bond acceptors (Lipinski definition) is 7. The Kier molecular flexibility index (Phi) is 5.08. The summed E-state index contributed by atoms with van der Waals surface area (Å²) in [7, 11) is -0.509. The number of amides is 2. The van der Waals surface area contributed by atoms with Crippen LogP contribution >= 0.6 is 7.60 Å². The first-order valence-electron chi connectivity index (χ1n) is 7.19. The number of ether oxygens (including phenoxy) is 1. The zero-order chi connectivity index (χ0) is 17.3. The van der Waals surface area contributed by atoms with Gasteiger partial charge < -0.3 is 13.8 Å². The van der Waals surface area contributed by atoms with Gasteiger partial charge in [0.25, 0.3) is 0 Å². The second-order valence-corrected chi connectivity index (χ2v) is 7.87. The molecule has 2 aliphatic rings. The van der Waals surface area contributed by atoms with E-state index in [1.807, 2.05) is 0 Å². The lowest BCUT2D eigenvalue weighted by atomic mass is 9.87. The normalized spacial score (nSPS) is 28.3. The number of allylic oxidation sites excluding steroid dienone is 1. The molecule has 128 valence electrons. The lowest BCUT2D eigenvalue weighted by Crippen LogP contribution is -2.59. The Morgan fingerprint density at radius 3 is 2.26 bits per heavy atom. The highest BCUT2D eigenvalue weighted by Gasteiger charge is 2.65. The van der Waals surface area contributed by atoms with Crippen molar-refractivity contribution in [3.05, 3.63) is 12.2 Å². The Balaban J connectivity index is 2.65. The van der Waals surface area contributed by atoms with Crippen LogP contribution in [0.25, 0.3) is 0 Å². The minimum Gasteiger partial charge on any atom is -0.468 e. The number of carbonyl (C=O) groups excluding carboxylic acids is 3. The summed E-state index contributed by atoms with van der Waals surface area (Å²) in [6.45, 7) is 0. The summed E-state index contributed by atoms with van der Waals surface area (Å²) in [5, 5.41) is -1.77. The third kappa shape index (κ3) is 2.55. The van der Waals surface area contributed by atoms with Crippen molar-refractivity contribution in [2.24, 2.45) is 0 Å². The predicted octanol–water partition coefficient (Wildman–Crippen LogP) is 1.25. The average Bonchev–Trinajstić information content (AvgIpc) is 2.91. The van der Waals surface area contributed by atoms with Gasteiger partial charge in [-0.3, -0.25) is 23.8 Å². The summed E-state index contributed by atoms with van der Waals surface area (Å²) in [5.74, 6) is -1.66. The van der Waals surface area contributed by atoms with Gasteiger partial charge in [0.05, 0.1) is 13.2 Å². The molecule has 2 amide bonds. The minimum atomic E-state index is -3.99. The molecular weight excluding hydrogens is 325 g/mol. The molecule has 0 radical (unpaired) electrons. The van der Waals surface area contributed by atoms with Crippen molar-refractivity contribution in [1.82, 2.24) is 4.90 Å². The Morgan fingerprint density at radius 2 is 1.78 bits per heavy atom. The molecule has 0 N–H and O–H groups in total. The smallest absolute Gasteiger partial charge is 0.349 e. The molecule has 0 saturated carbocycles. The quantitative estimate of drug-likeness (QED) is 0.320. The van der Waals surface area contributed by atoms with Gasteiger partial charge in [-0.05, 0) is 12.8 Å².